The maximum Gasteiger partial charge on any atom is 0.337 e. The Hall–Kier alpha value is -1.71. The van der Waals surface area contributed by atoms with Crippen molar-refractivity contribution in [2.45, 2.75) is 19.8 Å². The molecule has 3 N–H and O–H groups in total. The van der Waals surface area contributed by atoms with Crippen LogP contribution in [0, 0.1) is 5.92 Å². The summed E-state index contributed by atoms with van der Waals surface area (Å²) in [5.74, 6) is -0.298. The third kappa shape index (κ3) is 2.52. The Morgan fingerprint density at radius 1 is 1.53 bits per heavy atom. The zero-order chi connectivity index (χ0) is 12.4. The van der Waals surface area contributed by atoms with E-state index in [1.165, 1.54) is 12.5 Å². The highest BCUT2D eigenvalue weighted by atomic mass is 16.4. The van der Waals surface area contributed by atoms with Crippen LogP contribution in [0.4, 0.5) is 11.4 Å². The third-order valence-electron chi connectivity index (χ3n) is 3.25. The number of piperidine rings is 1. The molecule has 0 saturated carbocycles. The Bertz CT molecular complexity index is 431. The van der Waals surface area contributed by atoms with Crippen LogP contribution < -0.4 is 10.6 Å². The molecule has 0 amide bonds. The first-order chi connectivity index (χ1) is 8.08. The Kier molecular flexibility index (Phi) is 3.22. The molecule has 0 aliphatic carbocycles. The number of nitrogens with zero attached hydrogens (tertiary/aromatic N) is 1. The maximum absolute atomic E-state index is 11.2. The van der Waals surface area contributed by atoms with Crippen molar-refractivity contribution in [3.05, 3.63) is 23.8 Å². The van der Waals surface area contributed by atoms with E-state index in [1.807, 2.05) is 6.07 Å². The highest BCUT2D eigenvalue weighted by Crippen LogP contribution is 2.27. The van der Waals surface area contributed by atoms with Gasteiger partial charge < -0.3 is 15.7 Å². The van der Waals surface area contributed by atoms with Gasteiger partial charge >= 0.3 is 5.97 Å². The molecule has 4 nitrogen and oxygen atoms in total. The zero-order valence-electron chi connectivity index (χ0n) is 10.0. The number of carboxylic acids is 1. The van der Waals surface area contributed by atoms with E-state index >= 15 is 0 Å². The Balaban J connectivity index is 2.33. The summed E-state index contributed by atoms with van der Waals surface area (Å²) in [4.78, 5) is 13.4. The van der Waals surface area contributed by atoms with E-state index in [0.29, 0.717) is 17.2 Å². The third-order valence-corrected chi connectivity index (χ3v) is 3.25. The average Bonchev–Trinajstić information content (AvgIpc) is 2.28. The standard InChI is InChI=1S/C13H18N2O2/c1-9-3-2-6-15(8-9)12-5-4-10(14)7-11(12)13(16)17/h4-5,7,9H,2-3,6,8,14H2,1H3,(H,16,17). The molecule has 2 rings (SSSR count). The molecular formula is C13H18N2O2. The van der Waals surface area contributed by atoms with Crippen LogP contribution in [0.2, 0.25) is 0 Å². The number of carbonyl (C=O) groups is 1. The molecule has 1 heterocycles. The van der Waals surface area contributed by atoms with Crippen molar-refractivity contribution in [2.24, 2.45) is 5.92 Å². The number of hydrogen-bond acceptors (Lipinski definition) is 3. The molecule has 1 atom stereocenters. The van der Waals surface area contributed by atoms with Crippen LogP contribution in [-0.4, -0.2) is 24.2 Å². The molecule has 1 aromatic rings. The van der Waals surface area contributed by atoms with Gasteiger partial charge in [0, 0.05) is 18.8 Å². The number of rotatable bonds is 2. The van der Waals surface area contributed by atoms with Crippen molar-refractivity contribution in [1.29, 1.82) is 0 Å². The fourth-order valence-electron chi connectivity index (χ4n) is 2.41. The number of nitrogens with two attached hydrogens (primary N) is 1. The smallest absolute Gasteiger partial charge is 0.337 e. The molecule has 1 aromatic carbocycles. The molecule has 0 bridgehead atoms. The van der Waals surface area contributed by atoms with Gasteiger partial charge in [0.1, 0.15) is 0 Å². The molecule has 1 saturated heterocycles. The first-order valence-electron chi connectivity index (χ1n) is 5.95. The number of aromatic carboxylic acids is 1. The average molecular weight is 234 g/mol. The molecule has 92 valence electrons. The van der Waals surface area contributed by atoms with Gasteiger partial charge in [0.05, 0.1) is 11.3 Å². The molecule has 1 aliphatic heterocycles. The topological polar surface area (TPSA) is 66.6 Å². The quantitative estimate of drug-likeness (QED) is 0.770. The lowest BCUT2D eigenvalue weighted by atomic mass is 9.98. The van der Waals surface area contributed by atoms with Gasteiger partial charge in [0.25, 0.3) is 0 Å². The van der Waals surface area contributed by atoms with Crippen LogP contribution in [0.3, 0.4) is 0 Å². The molecule has 1 fully saturated rings. The van der Waals surface area contributed by atoms with Gasteiger partial charge in [0.2, 0.25) is 0 Å². The fourth-order valence-corrected chi connectivity index (χ4v) is 2.41. The molecule has 0 aromatic heterocycles. The van der Waals surface area contributed by atoms with Gasteiger partial charge in [-0.1, -0.05) is 6.92 Å². The van der Waals surface area contributed by atoms with Gasteiger partial charge in [-0.05, 0) is 37.0 Å². The van der Waals surface area contributed by atoms with Crippen molar-refractivity contribution >= 4 is 17.3 Å². The van der Waals surface area contributed by atoms with Crippen molar-refractivity contribution in [3.8, 4) is 0 Å². The number of nitrogen functional groups attached to an aromatic ring is 1. The first-order valence-corrected chi connectivity index (χ1v) is 5.95. The molecule has 17 heavy (non-hydrogen) atoms. The minimum atomic E-state index is -0.912. The monoisotopic (exact) mass is 234 g/mol. The summed E-state index contributed by atoms with van der Waals surface area (Å²) in [7, 11) is 0. The Morgan fingerprint density at radius 3 is 2.94 bits per heavy atom. The molecule has 0 spiro atoms. The summed E-state index contributed by atoms with van der Waals surface area (Å²) in [5.41, 5.74) is 7.23. The van der Waals surface area contributed by atoms with Crippen molar-refractivity contribution in [2.75, 3.05) is 23.7 Å². The highest BCUT2D eigenvalue weighted by Gasteiger charge is 2.21. The second-order valence-electron chi connectivity index (χ2n) is 4.78. The van der Waals surface area contributed by atoms with Crippen molar-refractivity contribution < 1.29 is 9.90 Å². The van der Waals surface area contributed by atoms with Crippen LogP contribution in [0.1, 0.15) is 30.1 Å². The van der Waals surface area contributed by atoms with Gasteiger partial charge in [-0.3, -0.25) is 0 Å². The van der Waals surface area contributed by atoms with E-state index in [-0.39, 0.29) is 0 Å². The lowest BCUT2D eigenvalue weighted by Crippen LogP contribution is -2.35. The molecular weight excluding hydrogens is 216 g/mol. The lowest BCUT2D eigenvalue weighted by molar-refractivity contribution is 0.0697. The number of hydrogen-bond donors (Lipinski definition) is 2. The van der Waals surface area contributed by atoms with Crippen LogP contribution in [0.5, 0.6) is 0 Å². The molecule has 1 unspecified atom stereocenters. The van der Waals surface area contributed by atoms with Crippen LogP contribution in [0.25, 0.3) is 0 Å². The zero-order valence-corrected chi connectivity index (χ0v) is 10.0. The predicted octanol–water partition coefficient (Wildman–Crippen LogP) is 2.20. The van der Waals surface area contributed by atoms with Crippen LogP contribution >= 0.6 is 0 Å². The predicted molar refractivity (Wildman–Crippen MR) is 68.4 cm³/mol. The van der Waals surface area contributed by atoms with Gasteiger partial charge in [-0.25, -0.2) is 4.79 Å². The second kappa shape index (κ2) is 4.65. The minimum absolute atomic E-state index is 0.305. The Morgan fingerprint density at radius 2 is 2.29 bits per heavy atom. The first kappa shape index (κ1) is 11.8. The van der Waals surface area contributed by atoms with Crippen molar-refractivity contribution in [3.63, 3.8) is 0 Å². The second-order valence-corrected chi connectivity index (χ2v) is 4.78. The maximum atomic E-state index is 11.2. The minimum Gasteiger partial charge on any atom is -0.478 e. The van der Waals surface area contributed by atoms with Gasteiger partial charge in [-0.2, -0.15) is 0 Å². The van der Waals surface area contributed by atoms with Gasteiger partial charge in [0.15, 0.2) is 0 Å². The summed E-state index contributed by atoms with van der Waals surface area (Å²) in [6.07, 6.45) is 2.33. The van der Waals surface area contributed by atoms with E-state index in [1.54, 1.807) is 6.07 Å². The SMILES string of the molecule is CC1CCCN(c2ccc(N)cc2C(=O)O)C1. The van der Waals surface area contributed by atoms with E-state index in [2.05, 4.69) is 11.8 Å². The highest BCUT2D eigenvalue weighted by molar-refractivity contribution is 5.95. The summed E-state index contributed by atoms with van der Waals surface area (Å²) in [6.45, 7) is 4.04. The van der Waals surface area contributed by atoms with E-state index in [0.717, 1.165) is 25.2 Å². The summed E-state index contributed by atoms with van der Waals surface area (Å²) in [5, 5.41) is 9.20. The Labute approximate surface area is 101 Å². The van der Waals surface area contributed by atoms with Crippen LogP contribution in [0.15, 0.2) is 18.2 Å². The lowest BCUT2D eigenvalue weighted by Gasteiger charge is -2.33. The van der Waals surface area contributed by atoms with Gasteiger partial charge in [-0.15, -0.1) is 0 Å². The molecule has 1 aliphatic rings. The normalized spacial score (nSPS) is 20.3. The van der Waals surface area contributed by atoms with Crippen LogP contribution in [-0.2, 0) is 0 Å². The fraction of sp³-hybridized carbons (Fsp3) is 0.462. The number of benzene rings is 1. The summed E-state index contributed by atoms with van der Waals surface area (Å²) >= 11 is 0. The van der Waals surface area contributed by atoms with E-state index in [4.69, 9.17) is 5.73 Å². The molecule has 4 heteroatoms. The number of anilines is 2. The summed E-state index contributed by atoms with van der Waals surface area (Å²) in [6, 6.07) is 5.12. The van der Waals surface area contributed by atoms with E-state index in [9.17, 15) is 9.90 Å². The van der Waals surface area contributed by atoms with Crippen molar-refractivity contribution in [1.82, 2.24) is 0 Å². The largest absolute Gasteiger partial charge is 0.478 e. The molecule has 0 radical (unpaired) electrons. The summed E-state index contributed by atoms with van der Waals surface area (Å²) < 4.78 is 0. The van der Waals surface area contributed by atoms with E-state index < -0.39 is 5.97 Å². The number of carboxylic acid groups (broad SMARTS) is 1.